The topological polar surface area (TPSA) is 74.7 Å². The van der Waals surface area contributed by atoms with Crippen LogP contribution in [-0.4, -0.2) is 25.3 Å². The predicted octanol–water partition coefficient (Wildman–Crippen LogP) is 2.30. The summed E-state index contributed by atoms with van der Waals surface area (Å²) < 4.78 is 0. The summed E-state index contributed by atoms with van der Waals surface area (Å²) in [6.07, 6.45) is 0. The van der Waals surface area contributed by atoms with E-state index in [1.807, 2.05) is 37.3 Å². The fraction of sp³-hybridized carbons (Fsp3) is 0.154. The average Bonchev–Trinajstić information content (AvgIpc) is 2.83. The molecular weight excluding hydrogens is 260 g/mol. The average molecular weight is 272 g/mol. The minimum absolute atomic E-state index is 0.0520. The predicted molar refractivity (Wildman–Crippen MR) is 72.9 cm³/mol. The highest BCUT2D eigenvalue weighted by molar-refractivity contribution is 7.99. The molecule has 0 bridgehead atoms. The van der Waals surface area contributed by atoms with Crippen molar-refractivity contribution in [1.29, 1.82) is 0 Å². The fourth-order valence-electron chi connectivity index (χ4n) is 1.80. The number of aromatic amines is 1. The molecule has 2 aromatic heterocycles. The van der Waals surface area contributed by atoms with Gasteiger partial charge in [0.05, 0.1) is 12.1 Å². The fourth-order valence-corrected chi connectivity index (χ4v) is 2.64. The van der Waals surface area contributed by atoms with Crippen LogP contribution >= 0.6 is 11.8 Å². The lowest BCUT2D eigenvalue weighted by Gasteiger charge is -2.06. The Kier molecular flexibility index (Phi) is 3.18. The van der Waals surface area contributed by atoms with Crippen LogP contribution in [0.4, 0.5) is 0 Å². The summed E-state index contributed by atoms with van der Waals surface area (Å²) in [5.41, 5.74) is 1.68. The number of nitrogens with one attached hydrogen (secondary N) is 1. The molecule has 19 heavy (non-hydrogen) atoms. The Balaban J connectivity index is 2.05. The standard InChI is InChI=1S/C13H12N4OS/c1-8-14-13(17-16-8)19-12-10(7-18)6-9-4-2-3-5-11(9)15-12/h2-6,18H,7H2,1H3,(H,14,16,17). The summed E-state index contributed by atoms with van der Waals surface area (Å²) in [4.78, 5) is 8.80. The lowest BCUT2D eigenvalue weighted by atomic mass is 10.2. The lowest BCUT2D eigenvalue weighted by Crippen LogP contribution is -1.93. The third kappa shape index (κ3) is 2.45. The van der Waals surface area contributed by atoms with Gasteiger partial charge in [-0.1, -0.05) is 18.2 Å². The first-order chi connectivity index (χ1) is 9.26. The number of aromatic nitrogens is 4. The largest absolute Gasteiger partial charge is 0.392 e. The van der Waals surface area contributed by atoms with Crippen LogP contribution < -0.4 is 0 Å². The first-order valence-corrected chi connectivity index (χ1v) is 6.64. The molecule has 5 nitrogen and oxygen atoms in total. The zero-order valence-corrected chi connectivity index (χ0v) is 11.1. The van der Waals surface area contributed by atoms with E-state index in [0.717, 1.165) is 27.3 Å². The zero-order valence-electron chi connectivity index (χ0n) is 10.3. The molecule has 0 aliphatic carbocycles. The van der Waals surface area contributed by atoms with Crippen molar-refractivity contribution in [2.24, 2.45) is 0 Å². The van der Waals surface area contributed by atoms with Gasteiger partial charge in [-0.15, -0.1) is 5.10 Å². The Labute approximate surface area is 114 Å². The first kappa shape index (κ1) is 12.1. The number of H-pyrrole nitrogens is 1. The molecular formula is C13H12N4OS. The number of hydrogen-bond donors (Lipinski definition) is 2. The maximum atomic E-state index is 9.46. The smallest absolute Gasteiger partial charge is 0.214 e. The molecule has 0 radical (unpaired) electrons. The van der Waals surface area contributed by atoms with Crippen molar-refractivity contribution in [2.75, 3.05) is 0 Å². The van der Waals surface area contributed by atoms with E-state index in [1.165, 1.54) is 11.8 Å². The Morgan fingerprint density at radius 1 is 1.26 bits per heavy atom. The van der Waals surface area contributed by atoms with Gasteiger partial charge in [0.2, 0.25) is 5.16 Å². The third-order valence-electron chi connectivity index (χ3n) is 2.70. The van der Waals surface area contributed by atoms with E-state index in [-0.39, 0.29) is 6.61 Å². The van der Waals surface area contributed by atoms with Gasteiger partial charge in [-0.25, -0.2) is 9.97 Å². The van der Waals surface area contributed by atoms with Gasteiger partial charge in [0, 0.05) is 10.9 Å². The molecule has 3 aromatic rings. The number of hydrogen-bond acceptors (Lipinski definition) is 5. The lowest BCUT2D eigenvalue weighted by molar-refractivity contribution is 0.278. The monoisotopic (exact) mass is 272 g/mol. The Morgan fingerprint density at radius 2 is 2.11 bits per heavy atom. The first-order valence-electron chi connectivity index (χ1n) is 5.82. The van der Waals surface area contributed by atoms with Crippen molar-refractivity contribution < 1.29 is 5.11 Å². The molecule has 0 fully saturated rings. The van der Waals surface area contributed by atoms with Crippen LogP contribution in [0.1, 0.15) is 11.4 Å². The van der Waals surface area contributed by atoms with Crippen molar-refractivity contribution in [3.8, 4) is 0 Å². The van der Waals surface area contributed by atoms with Crippen molar-refractivity contribution in [3.05, 3.63) is 41.7 Å². The van der Waals surface area contributed by atoms with E-state index >= 15 is 0 Å². The maximum Gasteiger partial charge on any atom is 0.214 e. The molecule has 2 heterocycles. The summed E-state index contributed by atoms with van der Waals surface area (Å²) in [5.74, 6) is 0.758. The van der Waals surface area contributed by atoms with Crippen LogP contribution in [0.2, 0.25) is 0 Å². The zero-order chi connectivity index (χ0) is 13.2. The number of aryl methyl sites for hydroxylation is 1. The number of para-hydroxylation sites is 1. The van der Waals surface area contributed by atoms with Gasteiger partial charge in [0.1, 0.15) is 10.9 Å². The SMILES string of the molecule is Cc1nc(Sc2nc3ccccc3cc2CO)n[nH]1. The van der Waals surface area contributed by atoms with Crippen LogP contribution in [0.15, 0.2) is 40.5 Å². The van der Waals surface area contributed by atoms with Gasteiger partial charge in [0.25, 0.3) is 0 Å². The summed E-state index contributed by atoms with van der Waals surface area (Å²) in [5, 5.41) is 18.7. The minimum Gasteiger partial charge on any atom is -0.392 e. The summed E-state index contributed by atoms with van der Waals surface area (Å²) in [7, 11) is 0. The molecule has 6 heteroatoms. The van der Waals surface area contributed by atoms with Crippen molar-refractivity contribution >= 4 is 22.7 Å². The number of nitrogens with zero attached hydrogens (tertiary/aromatic N) is 3. The number of benzene rings is 1. The third-order valence-corrected chi connectivity index (χ3v) is 3.61. The van der Waals surface area contributed by atoms with Crippen molar-refractivity contribution in [3.63, 3.8) is 0 Å². The van der Waals surface area contributed by atoms with E-state index < -0.39 is 0 Å². The van der Waals surface area contributed by atoms with Crippen molar-refractivity contribution in [2.45, 2.75) is 23.7 Å². The summed E-state index contributed by atoms with van der Waals surface area (Å²) in [6.45, 7) is 1.79. The molecule has 96 valence electrons. The van der Waals surface area contributed by atoms with Crippen LogP contribution in [0.3, 0.4) is 0 Å². The molecule has 0 amide bonds. The summed E-state index contributed by atoms with van der Waals surface area (Å²) in [6, 6.07) is 9.77. The highest BCUT2D eigenvalue weighted by Gasteiger charge is 2.10. The Hall–Kier alpha value is -1.92. The van der Waals surface area contributed by atoms with Gasteiger partial charge in [0.15, 0.2) is 0 Å². The van der Waals surface area contributed by atoms with Gasteiger partial charge in [-0.05, 0) is 30.8 Å². The minimum atomic E-state index is -0.0520. The number of aliphatic hydroxyl groups is 1. The van der Waals surface area contributed by atoms with Gasteiger partial charge in [-0.3, -0.25) is 5.10 Å². The van der Waals surface area contributed by atoms with E-state index in [4.69, 9.17) is 0 Å². The number of pyridine rings is 1. The maximum absolute atomic E-state index is 9.46. The van der Waals surface area contributed by atoms with Crippen LogP contribution in [0.25, 0.3) is 10.9 Å². The number of aliphatic hydroxyl groups excluding tert-OH is 1. The molecule has 0 spiro atoms. The molecule has 0 aliphatic heterocycles. The number of fused-ring (bicyclic) bond motifs is 1. The van der Waals surface area contributed by atoms with Crippen molar-refractivity contribution in [1.82, 2.24) is 20.2 Å². The van der Waals surface area contributed by atoms with Crippen LogP contribution in [-0.2, 0) is 6.61 Å². The molecule has 2 N–H and O–H groups in total. The normalized spacial score (nSPS) is 11.1. The van der Waals surface area contributed by atoms with E-state index in [2.05, 4.69) is 20.2 Å². The van der Waals surface area contributed by atoms with E-state index in [9.17, 15) is 5.11 Å². The van der Waals surface area contributed by atoms with Gasteiger partial charge < -0.3 is 5.11 Å². The van der Waals surface area contributed by atoms with E-state index in [1.54, 1.807) is 0 Å². The second-order valence-electron chi connectivity index (χ2n) is 4.11. The molecule has 1 aromatic carbocycles. The highest BCUT2D eigenvalue weighted by Crippen LogP contribution is 2.28. The molecule has 0 unspecified atom stereocenters. The molecule has 0 atom stereocenters. The van der Waals surface area contributed by atoms with Crippen LogP contribution in [0, 0.1) is 6.92 Å². The van der Waals surface area contributed by atoms with Gasteiger partial charge >= 0.3 is 0 Å². The van der Waals surface area contributed by atoms with E-state index in [0.29, 0.717) is 5.16 Å². The Morgan fingerprint density at radius 3 is 2.84 bits per heavy atom. The van der Waals surface area contributed by atoms with Crippen LogP contribution in [0.5, 0.6) is 0 Å². The molecule has 0 saturated heterocycles. The van der Waals surface area contributed by atoms with Gasteiger partial charge in [-0.2, -0.15) is 0 Å². The number of rotatable bonds is 3. The Bertz CT molecular complexity index is 725. The second kappa shape index (κ2) is 4.99. The second-order valence-corrected chi connectivity index (χ2v) is 5.06. The molecule has 0 aliphatic rings. The quantitative estimate of drug-likeness (QED) is 0.765. The summed E-state index contributed by atoms with van der Waals surface area (Å²) >= 11 is 1.35. The highest BCUT2D eigenvalue weighted by atomic mass is 32.2. The molecule has 3 rings (SSSR count). The molecule has 0 saturated carbocycles.